The summed E-state index contributed by atoms with van der Waals surface area (Å²) in [5.74, 6) is -2.43. The van der Waals surface area contributed by atoms with Crippen molar-refractivity contribution < 1.29 is 22.3 Å². The lowest BCUT2D eigenvalue weighted by Gasteiger charge is -2.10. The Morgan fingerprint density at radius 2 is 2.06 bits per heavy atom. The van der Waals surface area contributed by atoms with Crippen LogP contribution in [0.5, 0.6) is 0 Å². The Bertz CT molecular complexity index is 505. The first-order valence-electron chi connectivity index (χ1n) is 5.36. The number of rotatable bonds is 6. The average Bonchev–Trinajstić information content (AvgIpc) is 2.30. The van der Waals surface area contributed by atoms with Gasteiger partial charge in [-0.25, -0.2) is 21.9 Å². The molecule has 18 heavy (non-hydrogen) atoms. The van der Waals surface area contributed by atoms with E-state index >= 15 is 0 Å². The molecule has 0 fully saturated rings. The molecule has 102 valence electrons. The minimum Gasteiger partial charge on any atom is -0.396 e. The van der Waals surface area contributed by atoms with Gasteiger partial charge >= 0.3 is 0 Å². The summed E-state index contributed by atoms with van der Waals surface area (Å²) in [5, 5.41) is 8.76. The molecule has 2 N–H and O–H groups in total. The second kappa shape index (κ2) is 6.21. The number of nitrogens with one attached hydrogen (secondary N) is 1. The molecular formula is C11H15F2NO3S. The Kier molecular flexibility index (Phi) is 5.18. The van der Waals surface area contributed by atoms with Crippen LogP contribution in [0.1, 0.15) is 12.5 Å². The van der Waals surface area contributed by atoms with Crippen molar-refractivity contribution in [3.63, 3.8) is 0 Å². The van der Waals surface area contributed by atoms with E-state index in [4.69, 9.17) is 5.11 Å². The molecule has 0 aromatic heterocycles. The molecular weight excluding hydrogens is 264 g/mol. The minimum absolute atomic E-state index is 0.0711. The van der Waals surface area contributed by atoms with Gasteiger partial charge < -0.3 is 5.11 Å². The monoisotopic (exact) mass is 279 g/mol. The maximum Gasteiger partial charge on any atom is 0.215 e. The summed E-state index contributed by atoms with van der Waals surface area (Å²) in [6.07, 6.45) is 0. The number of hydrogen-bond acceptors (Lipinski definition) is 3. The van der Waals surface area contributed by atoms with Crippen molar-refractivity contribution in [3.05, 3.63) is 35.4 Å². The van der Waals surface area contributed by atoms with E-state index in [1.807, 2.05) is 0 Å². The number of halogens is 2. The molecule has 0 bridgehead atoms. The Morgan fingerprint density at radius 1 is 1.39 bits per heavy atom. The summed E-state index contributed by atoms with van der Waals surface area (Å²) < 4.78 is 51.4. The van der Waals surface area contributed by atoms with Crippen molar-refractivity contribution in [1.82, 2.24) is 4.72 Å². The van der Waals surface area contributed by atoms with Crippen LogP contribution in [0.3, 0.4) is 0 Å². The molecule has 0 aliphatic heterocycles. The predicted molar refractivity (Wildman–Crippen MR) is 63.2 cm³/mol. The van der Waals surface area contributed by atoms with Gasteiger partial charge in [-0.1, -0.05) is 13.0 Å². The zero-order chi connectivity index (χ0) is 13.8. The van der Waals surface area contributed by atoms with E-state index < -0.39 is 27.4 Å². The fourth-order valence-electron chi connectivity index (χ4n) is 1.23. The van der Waals surface area contributed by atoms with Crippen molar-refractivity contribution >= 4 is 10.0 Å². The van der Waals surface area contributed by atoms with Crippen LogP contribution < -0.4 is 4.72 Å². The lowest BCUT2D eigenvalue weighted by molar-refractivity contribution is 0.238. The number of aliphatic hydroxyl groups excluding tert-OH is 1. The molecule has 0 saturated carbocycles. The molecule has 0 aliphatic carbocycles. The van der Waals surface area contributed by atoms with Gasteiger partial charge in [0.25, 0.3) is 0 Å². The van der Waals surface area contributed by atoms with Gasteiger partial charge in [0.2, 0.25) is 10.0 Å². The Labute approximate surface area is 105 Å². The van der Waals surface area contributed by atoms with Crippen LogP contribution in [0.2, 0.25) is 0 Å². The van der Waals surface area contributed by atoms with E-state index in [-0.39, 0.29) is 24.6 Å². The zero-order valence-corrected chi connectivity index (χ0v) is 10.7. The highest BCUT2D eigenvalue weighted by Gasteiger charge is 2.15. The SMILES string of the molecule is CC(CO)CNS(=O)(=O)Cc1ccc(F)cc1F. The van der Waals surface area contributed by atoms with Crippen molar-refractivity contribution in [2.45, 2.75) is 12.7 Å². The molecule has 1 aromatic rings. The molecule has 1 rings (SSSR count). The second-order valence-corrected chi connectivity index (χ2v) is 5.94. The van der Waals surface area contributed by atoms with Gasteiger partial charge in [-0.15, -0.1) is 0 Å². The van der Waals surface area contributed by atoms with E-state index in [2.05, 4.69) is 4.72 Å². The smallest absolute Gasteiger partial charge is 0.215 e. The third-order valence-corrected chi connectivity index (χ3v) is 3.62. The summed E-state index contributed by atoms with van der Waals surface area (Å²) in [4.78, 5) is 0. The third-order valence-electron chi connectivity index (χ3n) is 2.32. The van der Waals surface area contributed by atoms with Crippen LogP contribution in [-0.4, -0.2) is 26.7 Å². The predicted octanol–water partition coefficient (Wildman–Crippen LogP) is 1.01. The zero-order valence-electron chi connectivity index (χ0n) is 9.86. The van der Waals surface area contributed by atoms with E-state index in [0.717, 1.165) is 12.1 Å². The van der Waals surface area contributed by atoms with Crippen LogP contribution >= 0.6 is 0 Å². The van der Waals surface area contributed by atoms with Gasteiger partial charge in [-0.05, 0) is 12.0 Å². The lowest BCUT2D eigenvalue weighted by Crippen LogP contribution is -2.30. The molecule has 0 spiro atoms. The maximum atomic E-state index is 13.3. The van der Waals surface area contributed by atoms with Gasteiger partial charge in [0.15, 0.2) is 0 Å². The molecule has 7 heteroatoms. The molecule has 1 atom stereocenters. The standard InChI is InChI=1S/C11H15F2NO3S/c1-8(6-15)5-14-18(16,17)7-9-2-3-10(12)4-11(9)13/h2-4,8,14-15H,5-7H2,1H3. The minimum atomic E-state index is -3.70. The van der Waals surface area contributed by atoms with E-state index in [1.54, 1.807) is 6.92 Å². The second-order valence-electron chi connectivity index (χ2n) is 4.13. The number of aliphatic hydroxyl groups is 1. The molecule has 1 unspecified atom stereocenters. The molecule has 0 radical (unpaired) electrons. The number of benzene rings is 1. The molecule has 4 nitrogen and oxygen atoms in total. The summed E-state index contributed by atoms with van der Waals surface area (Å²) in [6.45, 7) is 1.59. The average molecular weight is 279 g/mol. The topological polar surface area (TPSA) is 66.4 Å². The van der Waals surface area contributed by atoms with E-state index in [1.165, 1.54) is 0 Å². The quantitative estimate of drug-likeness (QED) is 0.817. The van der Waals surface area contributed by atoms with Crippen LogP contribution in [0, 0.1) is 17.6 Å². The van der Waals surface area contributed by atoms with Gasteiger partial charge in [-0.3, -0.25) is 0 Å². The van der Waals surface area contributed by atoms with Crippen LogP contribution in [-0.2, 0) is 15.8 Å². The van der Waals surface area contributed by atoms with Gasteiger partial charge in [-0.2, -0.15) is 0 Å². The van der Waals surface area contributed by atoms with Crippen molar-refractivity contribution in [1.29, 1.82) is 0 Å². The number of hydrogen-bond donors (Lipinski definition) is 2. The Morgan fingerprint density at radius 3 is 2.61 bits per heavy atom. The van der Waals surface area contributed by atoms with Crippen LogP contribution in [0.15, 0.2) is 18.2 Å². The highest BCUT2D eigenvalue weighted by molar-refractivity contribution is 7.88. The molecule has 0 aliphatic rings. The Balaban J connectivity index is 2.70. The van der Waals surface area contributed by atoms with Crippen molar-refractivity contribution in [2.24, 2.45) is 5.92 Å². The van der Waals surface area contributed by atoms with Crippen LogP contribution in [0.4, 0.5) is 8.78 Å². The Hall–Kier alpha value is -1.05. The normalized spacial score (nSPS) is 13.6. The van der Waals surface area contributed by atoms with E-state index in [9.17, 15) is 17.2 Å². The number of sulfonamides is 1. The molecule has 0 heterocycles. The van der Waals surface area contributed by atoms with Gasteiger partial charge in [0.1, 0.15) is 11.6 Å². The van der Waals surface area contributed by atoms with Crippen molar-refractivity contribution in [2.75, 3.05) is 13.2 Å². The van der Waals surface area contributed by atoms with Crippen molar-refractivity contribution in [3.8, 4) is 0 Å². The summed E-state index contributed by atoms with van der Waals surface area (Å²) >= 11 is 0. The first kappa shape index (κ1) is 15.0. The first-order chi connectivity index (χ1) is 8.34. The molecule has 0 amide bonds. The summed E-state index contributed by atoms with van der Waals surface area (Å²) in [7, 11) is -3.70. The van der Waals surface area contributed by atoms with E-state index in [0.29, 0.717) is 6.07 Å². The fraction of sp³-hybridized carbons (Fsp3) is 0.455. The molecule has 1 aromatic carbocycles. The van der Waals surface area contributed by atoms with Crippen LogP contribution in [0.25, 0.3) is 0 Å². The first-order valence-corrected chi connectivity index (χ1v) is 7.01. The fourth-order valence-corrected chi connectivity index (χ4v) is 2.51. The largest absolute Gasteiger partial charge is 0.396 e. The summed E-state index contributed by atoms with van der Waals surface area (Å²) in [6, 6.07) is 2.74. The van der Waals surface area contributed by atoms with Gasteiger partial charge in [0.05, 0.1) is 5.75 Å². The third kappa shape index (κ3) is 4.67. The highest BCUT2D eigenvalue weighted by Crippen LogP contribution is 2.12. The maximum absolute atomic E-state index is 13.3. The van der Waals surface area contributed by atoms with Gasteiger partial charge in [0, 0.05) is 24.8 Å². The molecule has 0 saturated heterocycles. The highest BCUT2D eigenvalue weighted by atomic mass is 32.2. The lowest BCUT2D eigenvalue weighted by atomic mass is 10.2. The summed E-state index contributed by atoms with van der Waals surface area (Å²) in [5.41, 5.74) is -0.0967.